The van der Waals surface area contributed by atoms with E-state index in [1.54, 1.807) is 13.8 Å². The van der Waals surface area contributed by atoms with Crippen LogP contribution in [-0.2, 0) is 57.0 Å². The Morgan fingerprint density at radius 2 is 0.765 bits per heavy atom. The molecule has 40 heteroatoms. The number of ether oxygens (including phenoxy) is 10. The minimum Gasteiger partial charge on any atom is -0.394 e. The lowest BCUT2D eigenvalue weighted by Crippen LogP contribution is -2.69. The number of nitrogens with one attached hydrogen (secondary N) is 1. The predicted octanol–water partition coefficient (Wildman–Crippen LogP) is -15.4. The van der Waals surface area contributed by atoms with Gasteiger partial charge in [-0.05, 0) is 43.9 Å². The standard InChI is InChI=1S/C22H42N4O12.C18H35N3O10.C18H34N2O9/c1-2-3-9(28)20(34)26-8-4-7(24)18(37-21-12(25)16(32)15(31)11(6-27)36-21)19(13(8)29)38-22-17(33)14(30)10(5-23)35-22;1-5-2-6(20)15(30-17-9(21)13(26)12(25)8(4-22)29-17)16(10(5)23)31-18-14(27)11(24)7(3-19)28-18;1-2-3-9(22)10(23)5-7-4-8(19)17(16(27)13(7)24)29-18-12(20)15(26)14(25)11(6-21)28-18/h7-19,21-22,27-33H,2-6,23-25H2,1H3,(H,26,34);5-18,22-27H,2-4,19-21H2,1H3;7-9,11-18,21-22,24-27H,2-6,19-20H2,1H3/t7?,8-,9+,10-,11?,12?,13?,14+,15-,16-,17?,18-,19-,21-,22+;5-,6?,7-,8?,9?,10?,11+,12-,13-,14?,15-,16-,17-,18+;7-,8?,9-,11?,12?,13?,14+,15+,16+,17+,18+/m110/s1. The first-order valence-corrected chi connectivity index (χ1v) is 33.2. The van der Waals surface area contributed by atoms with Gasteiger partial charge >= 0.3 is 0 Å². The Labute approximate surface area is 564 Å². The van der Waals surface area contributed by atoms with Crippen LogP contribution in [0.25, 0.3) is 0 Å². The molecule has 36 N–H and O–H groups in total. The van der Waals surface area contributed by atoms with Crippen molar-refractivity contribution in [3.05, 3.63) is 0 Å². The first-order valence-electron chi connectivity index (χ1n) is 33.2. The fourth-order valence-electron chi connectivity index (χ4n) is 13.3. The van der Waals surface area contributed by atoms with Gasteiger partial charge in [0.2, 0.25) is 5.91 Å². The van der Waals surface area contributed by atoms with Crippen LogP contribution in [0, 0.1) is 11.8 Å². The summed E-state index contributed by atoms with van der Waals surface area (Å²) in [5, 5.41) is 195. The number of nitrogens with two attached hydrogens (primary N) is 8. The van der Waals surface area contributed by atoms with Gasteiger partial charge in [-0.15, -0.1) is 0 Å². The lowest BCUT2D eigenvalue weighted by molar-refractivity contribution is -0.312. The number of hydrogen-bond acceptors (Lipinski definition) is 39. The molecule has 5 saturated heterocycles. The van der Waals surface area contributed by atoms with E-state index in [1.807, 2.05) is 6.92 Å². The van der Waals surface area contributed by atoms with Crippen molar-refractivity contribution in [2.45, 2.75) is 305 Å². The molecule has 8 aliphatic rings. The molecule has 40 nitrogen and oxygen atoms in total. The van der Waals surface area contributed by atoms with Crippen molar-refractivity contribution in [3.63, 3.8) is 0 Å². The van der Waals surface area contributed by atoms with Gasteiger partial charge < -0.3 is 196 Å². The van der Waals surface area contributed by atoms with Crippen LogP contribution in [0.1, 0.15) is 72.1 Å². The molecular formula is C58H111N9O31. The molecule has 1 amide bonds. The molecule has 0 bridgehead atoms. The van der Waals surface area contributed by atoms with Crippen LogP contribution in [0.3, 0.4) is 0 Å². The zero-order valence-electron chi connectivity index (χ0n) is 54.8. The summed E-state index contributed by atoms with van der Waals surface area (Å²) in [6, 6.07) is -7.03. The topological polar surface area (TPSA) is 731 Å². The van der Waals surface area contributed by atoms with Gasteiger partial charge in [0.15, 0.2) is 37.2 Å². The lowest BCUT2D eigenvalue weighted by atomic mass is 9.76. The average molecular weight is 1430 g/mol. The molecule has 5 aliphatic heterocycles. The van der Waals surface area contributed by atoms with Crippen molar-refractivity contribution in [1.82, 2.24) is 5.32 Å². The van der Waals surface area contributed by atoms with Gasteiger partial charge in [0.25, 0.3) is 0 Å². The Kier molecular flexibility index (Phi) is 32.9. The molecule has 98 heavy (non-hydrogen) atoms. The van der Waals surface area contributed by atoms with E-state index in [0.717, 1.165) is 0 Å². The van der Waals surface area contributed by atoms with E-state index in [-0.39, 0.29) is 44.7 Å². The molecule has 0 aromatic rings. The fraction of sp³-hybridized carbons (Fsp3) is 0.966. The first kappa shape index (κ1) is 84.6. The van der Waals surface area contributed by atoms with Crippen LogP contribution < -0.4 is 51.2 Å². The molecule has 0 radical (unpaired) electrons. The molecular weight excluding hydrogens is 1320 g/mol. The van der Waals surface area contributed by atoms with Crippen molar-refractivity contribution in [2.75, 3.05) is 32.9 Å². The van der Waals surface area contributed by atoms with Crippen molar-refractivity contribution >= 4 is 11.7 Å². The number of rotatable bonds is 24. The maximum Gasteiger partial charge on any atom is 0.249 e. The summed E-state index contributed by atoms with van der Waals surface area (Å²) in [6.45, 7) is 3.39. The van der Waals surface area contributed by atoms with Crippen LogP contribution in [-0.4, -0.2) is 374 Å². The van der Waals surface area contributed by atoms with E-state index in [4.69, 9.17) is 93.2 Å². The largest absolute Gasteiger partial charge is 0.394 e. The second kappa shape index (κ2) is 38.1. The third-order valence-electron chi connectivity index (χ3n) is 19.4. The van der Waals surface area contributed by atoms with E-state index < -0.39 is 270 Å². The third-order valence-corrected chi connectivity index (χ3v) is 19.4. The average Bonchev–Trinajstić information content (AvgIpc) is 0.916. The Balaban J connectivity index is 0.000000235. The van der Waals surface area contributed by atoms with Gasteiger partial charge in [0, 0.05) is 37.6 Å². The fourth-order valence-corrected chi connectivity index (χ4v) is 13.3. The summed E-state index contributed by atoms with van der Waals surface area (Å²) < 4.78 is 56.5. The second-order valence-corrected chi connectivity index (χ2v) is 26.7. The molecule has 574 valence electrons. The lowest BCUT2D eigenvalue weighted by Gasteiger charge is -2.47. The number of aliphatic hydroxyl groups excluding tert-OH is 19. The van der Waals surface area contributed by atoms with E-state index in [0.29, 0.717) is 25.7 Å². The SMILES string of the molecule is CCC[C@H](O)C(=O)C[C@@H]1CC(N)[C@@H](O[C@H]2OC(CO)[C@@H](O)[C@H](O)C2N)[C@H](O)C1O.CCC[C@H](O)C(=O)N[C@@H]1CC(N)[C@@H](O[C@H]2OC(CO)[C@@H](O)[C@H](O)C2N)[C@H](O[C@@H]2O[C@H](CN)[C@H](O)C2O)C1O.C[C@@H]1CC(N)[C@@H](O[C@H]2OC(CO)[C@@H](O)[C@H](O)C2N)[C@H](O[C@@H]2O[C@H](CN)[C@H](O)C2O)C1O. The number of Topliss-reactive ketones (excluding diaryl/α,β-unsaturated/α-hetero) is 1. The zero-order chi connectivity index (χ0) is 73.2. The first-order chi connectivity index (χ1) is 46.2. The summed E-state index contributed by atoms with van der Waals surface area (Å²) in [7, 11) is 0. The van der Waals surface area contributed by atoms with Gasteiger partial charge in [0.05, 0.1) is 56.2 Å². The number of carbonyl (C=O) groups is 2. The summed E-state index contributed by atoms with van der Waals surface area (Å²) in [5.41, 5.74) is 47.6. The van der Waals surface area contributed by atoms with Crippen molar-refractivity contribution in [2.24, 2.45) is 57.7 Å². The van der Waals surface area contributed by atoms with Crippen molar-refractivity contribution in [1.29, 1.82) is 0 Å². The number of hydrogen-bond donors (Lipinski definition) is 28. The van der Waals surface area contributed by atoms with Crippen LogP contribution in [0.2, 0.25) is 0 Å². The van der Waals surface area contributed by atoms with Crippen molar-refractivity contribution in [3.8, 4) is 0 Å². The number of amides is 1. The van der Waals surface area contributed by atoms with Crippen LogP contribution >= 0.6 is 0 Å². The third kappa shape index (κ3) is 19.8. The monoisotopic (exact) mass is 1430 g/mol. The Bertz CT molecular complexity index is 2390. The predicted molar refractivity (Wildman–Crippen MR) is 329 cm³/mol. The van der Waals surface area contributed by atoms with E-state index in [9.17, 15) is 107 Å². The van der Waals surface area contributed by atoms with Crippen LogP contribution in [0.4, 0.5) is 0 Å². The van der Waals surface area contributed by atoms with E-state index >= 15 is 0 Å². The van der Waals surface area contributed by atoms with E-state index in [2.05, 4.69) is 5.32 Å². The zero-order valence-corrected chi connectivity index (χ0v) is 54.8. The molecule has 3 aliphatic carbocycles. The molecule has 8 fully saturated rings. The Morgan fingerprint density at radius 3 is 1.15 bits per heavy atom. The summed E-state index contributed by atoms with van der Waals surface area (Å²) >= 11 is 0. The van der Waals surface area contributed by atoms with Gasteiger partial charge in [0.1, 0.15) is 146 Å². The number of carbonyl (C=O) groups excluding carboxylic acids is 2. The Hall–Kier alpha value is -2.34. The summed E-state index contributed by atoms with van der Waals surface area (Å²) in [6.07, 6.45) is -38.0. The highest BCUT2D eigenvalue weighted by atomic mass is 16.8. The minimum absolute atomic E-state index is 0.0467. The molecule has 5 heterocycles. The number of ketones is 1. The van der Waals surface area contributed by atoms with Gasteiger partial charge in [-0.1, -0.05) is 33.6 Å². The van der Waals surface area contributed by atoms with E-state index in [1.165, 1.54) is 0 Å². The van der Waals surface area contributed by atoms with Gasteiger partial charge in [-0.3, -0.25) is 9.59 Å². The second-order valence-electron chi connectivity index (χ2n) is 26.7. The summed E-state index contributed by atoms with van der Waals surface area (Å²) in [4.78, 5) is 24.6. The molecule has 8 rings (SSSR count). The molecule has 3 saturated carbocycles. The highest BCUT2D eigenvalue weighted by molar-refractivity contribution is 5.83. The smallest absolute Gasteiger partial charge is 0.249 e. The molecule has 40 atom stereocenters. The molecule has 0 aromatic heterocycles. The number of aliphatic hydroxyl groups is 19. The highest BCUT2D eigenvalue weighted by Crippen LogP contribution is 2.38. The molecule has 14 unspecified atom stereocenters. The Morgan fingerprint density at radius 1 is 0.418 bits per heavy atom. The van der Waals surface area contributed by atoms with Crippen LogP contribution in [0.5, 0.6) is 0 Å². The van der Waals surface area contributed by atoms with Gasteiger partial charge in [-0.2, -0.15) is 0 Å². The normalized spacial score (nSPS) is 48.2. The quantitative estimate of drug-likeness (QED) is 0.0427. The maximum atomic E-state index is 12.5. The molecule has 0 aromatic carbocycles. The highest BCUT2D eigenvalue weighted by Gasteiger charge is 2.56. The van der Waals surface area contributed by atoms with Crippen molar-refractivity contribution < 1.29 is 154 Å². The van der Waals surface area contributed by atoms with Gasteiger partial charge in [-0.25, -0.2) is 0 Å². The maximum absolute atomic E-state index is 12.5. The minimum atomic E-state index is -1.54. The van der Waals surface area contributed by atoms with Crippen LogP contribution in [0.15, 0.2) is 0 Å². The summed E-state index contributed by atoms with van der Waals surface area (Å²) in [5.74, 6) is -2.09. The molecule has 0 spiro atoms.